The van der Waals surface area contributed by atoms with E-state index in [9.17, 15) is 9.59 Å². The average molecular weight is 586 g/mol. The van der Waals surface area contributed by atoms with Crippen LogP contribution in [0.15, 0.2) is 71.9 Å². The fraction of sp³-hybridized carbons (Fsp3) is 0.353. The predicted molar refractivity (Wildman–Crippen MR) is 166 cm³/mol. The van der Waals surface area contributed by atoms with Crippen LogP contribution in [0.2, 0.25) is 0 Å². The first-order valence-electron chi connectivity index (χ1n) is 14.3. The zero-order valence-electron chi connectivity index (χ0n) is 25.6. The molecule has 5 rings (SSSR count). The van der Waals surface area contributed by atoms with Crippen LogP contribution in [0.5, 0.6) is 23.0 Å². The molecule has 1 atom stereocenters. The lowest BCUT2D eigenvalue weighted by Gasteiger charge is -2.38. The minimum Gasteiger partial charge on any atom is -0.496 e. The maximum Gasteiger partial charge on any atom is 0.239 e. The van der Waals surface area contributed by atoms with E-state index in [2.05, 4.69) is 24.5 Å². The number of nitrogens with one attached hydrogen (secondary N) is 2. The Bertz CT molecular complexity index is 1560. The zero-order valence-corrected chi connectivity index (χ0v) is 25.6. The van der Waals surface area contributed by atoms with Crippen LogP contribution in [-0.4, -0.2) is 46.7 Å². The minimum absolute atomic E-state index is 0.0211. The number of rotatable bonds is 9. The number of Topliss-reactive ketones (excluding diaryl/α,β-unsaturated/α-hetero) is 1. The van der Waals surface area contributed by atoms with Gasteiger partial charge in [0, 0.05) is 35.4 Å². The van der Waals surface area contributed by atoms with Crippen molar-refractivity contribution in [2.75, 3.05) is 45.2 Å². The predicted octanol–water partition coefficient (Wildman–Crippen LogP) is 5.65. The third-order valence-corrected chi connectivity index (χ3v) is 8.02. The average Bonchev–Trinajstić information content (AvgIpc) is 3.12. The van der Waals surface area contributed by atoms with Crippen molar-refractivity contribution >= 4 is 23.1 Å². The molecule has 0 aromatic heterocycles. The number of ether oxygens (including phenoxy) is 4. The van der Waals surface area contributed by atoms with Crippen molar-refractivity contribution in [3.05, 3.63) is 83.1 Å². The van der Waals surface area contributed by atoms with Gasteiger partial charge in [-0.05, 0) is 42.2 Å². The van der Waals surface area contributed by atoms with E-state index in [4.69, 9.17) is 18.9 Å². The molecule has 0 spiro atoms. The third-order valence-electron chi connectivity index (χ3n) is 8.02. The van der Waals surface area contributed by atoms with Crippen molar-refractivity contribution in [2.45, 2.75) is 39.3 Å². The van der Waals surface area contributed by atoms with Crippen molar-refractivity contribution in [2.24, 2.45) is 5.41 Å². The highest BCUT2D eigenvalue weighted by atomic mass is 16.5. The molecule has 1 aliphatic heterocycles. The summed E-state index contributed by atoms with van der Waals surface area (Å²) < 4.78 is 22.7. The molecular formula is C34H39N3O6. The van der Waals surface area contributed by atoms with Gasteiger partial charge in [-0.2, -0.15) is 0 Å². The van der Waals surface area contributed by atoms with E-state index in [1.807, 2.05) is 59.5 Å². The van der Waals surface area contributed by atoms with Crippen LogP contribution in [0.4, 0.5) is 11.4 Å². The van der Waals surface area contributed by atoms with Crippen LogP contribution < -0.4 is 34.5 Å². The van der Waals surface area contributed by atoms with Crippen molar-refractivity contribution in [3.8, 4) is 23.0 Å². The largest absolute Gasteiger partial charge is 0.496 e. The number of benzene rings is 3. The second kappa shape index (κ2) is 12.3. The first-order chi connectivity index (χ1) is 20.7. The molecule has 1 heterocycles. The Labute approximate surface area is 252 Å². The van der Waals surface area contributed by atoms with Gasteiger partial charge in [-0.1, -0.05) is 44.2 Å². The number of ketones is 1. The molecule has 1 amide bonds. The van der Waals surface area contributed by atoms with Gasteiger partial charge in [0.1, 0.15) is 5.75 Å². The van der Waals surface area contributed by atoms with Gasteiger partial charge in [-0.3, -0.25) is 9.59 Å². The summed E-state index contributed by atoms with van der Waals surface area (Å²) in [6, 6.07) is 18.4. The summed E-state index contributed by atoms with van der Waals surface area (Å²) in [6.07, 6.45) is 1.05. The van der Waals surface area contributed by atoms with E-state index < -0.39 is 6.04 Å². The fourth-order valence-corrected chi connectivity index (χ4v) is 6.14. The lowest BCUT2D eigenvalue weighted by atomic mass is 9.73. The molecule has 226 valence electrons. The first kappa shape index (κ1) is 29.8. The SMILES string of the molecule is COc1ccccc1CNC(=O)CN1c2ccccc2NC2=C(C(=O)CC(C)(C)C2)C1c1ccc(OC)c(OC)c1OC. The summed E-state index contributed by atoms with van der Waals surface area (Å²) in [5.41, 5.74) is 4.38. The number of carbonyl (C=O) groups excluding carboxylic acids is 2. The van der Waals surface area contributed by atoms with E-state index in [0.717, 1.165) is 22.6 Å². The van der Waals surface area contributed by atoms with Gasteiger partial charge in [0.05, 0.1) is 52.4 Å². The highest BCUT2D eigenvalue weighted by molar-refractivity contribution is 6.02. The molecule has 0 bridgehead atoms. The Balaban J connectivity index is 1.65. The van der Waals surface area contributed by atoms with E-state index >= 15 is 0 Å². The highest BCUT2D eigenvalue weighted by Crippen LogP contribution is 2.52. The molecule has 0 saturated carbocycles. The number of amides is 1. The topological polar surface area (TPSA) is 98.4 Å². The maximum absolute atomic E-state index is 14.1. The summed E-state index contributed by atoms with van der Waals surface area (Å²) >= 11 is 0. The van der Waals surface area contributed by atoms with Crippen molar-refractivity contribution in [1.82, 2.24) is 5.32 Å². The lowest BCUT2D eigenvalue weighted by Crippen LogP contribution is -2.42. The minimum atomic E-state index is -0.651. The van der Waals surface area contributed by atoms with E-state index in [1.165, 1.54) is 0 Å². The Kier molecular flexibility index (Phi) is 8.52. The Morgan fingerprint density at radius 1 is 0.884 bits per heavy atom. The number of nitrogens with zero attached hydrogens (tertiary/aromatic N) is 1. The van der Waals surface area contributed by atoms with E-state index in [-0.39, 0.29) is 23.7 Å². The van der Waals surface area contributed by atoms with Gasteiger partial charge in [-0.15, -0.1) is 0 Å². The number of fused-ring (bicyclic) bond motifs is 1. The molecule has 2 N–H and O–H groups in total. The standard InChI is InChI=1S/C34H39N3O6/c1-34(2)17-24-30(26(38)18-34)31(22-15-16-28(41-4)33(43-6)32(22)42-5)37(25-13-9-8-12-23(25)36-24)20-29(39)35-19-21-11-7-10-14-27(21)40-3/h7-16,31,36H,17-20H2,1-6H3,(H,35,39). The van der Waals surface area contributed by atoms with Crippen LogP contribution >= 0.6 is 0 Å². The second-order valence-electron chi connectivity index (χ2n) is 11.5. The van der Waals surface area contributed by atoms with Gasteiger partial charge >= 0.3 is 0 Å². The Morgan fingerprint density at radius 3 is 2.30 bits per heavy atom. The van der Waals surface area contributed by atoms with Gasteiger partial charge in [-0.25, -0.2) is 0 Å². The molecule has 0 saturated heterocycles. The van der Waals surface area contributed by atoms with Crippen molar-refractivity contribution in [1.29, 1.82) is 0 Å². The van der Waals surface area contributed by atoms with Crippen molar-refractivity contribution in [3.63, 3.8) is 0 Å². The van der Waals surface area contributed by atoms with Crippen LogP contribution in [0.1, 0.15) is 43.9 Å². The summed E-state index contributed by atoms with van der Waals surface area (Å²) in [6.45, 7) is 4.47. The van der Waals surface area contributed by atoms with Gasteiger partial charge in [0.15, 0.2) is 17.3 Å². The molecule has 9 heteroatoms. The zero-order chi connectivity index (χ0) is 30.7. The fourth-order valence-electron chi connectivity index (χ4n) is 6.14. The van der Waals surface area contributed by atoms with Crippen molar-refractivity contribution < 1.29 is 28.5 Å². The Morgan fingerprint density at radius 2 is 1.58 bits per heavy atom. The summed E-state index contributed by atoms with van der Waals surface area (Å²) in [5.74, 6) is 1.87. The van der Waals surface area contributed by atoms with Crippen LogP contribution in [0.25, 0.3) is 0 Å². The molecule has 0 fully saturated rings. The molecule has 0 radical (unpaired) electrons. The number of hydrogen-bond acceptors (Lipinski definition) is 8. The molecule has 9 nitrogen and oxygen atoms in total. The number of hydrogen-bond donors (Lipinski definition) is 2. The summed E-state index contributed by atoms with van der Waals surface area (Å²) in [4.78, 5) is 29.8. The molecule has 3 aromatic carbocycles. The maximum atomic E-state index is 14.1. The molecule has 1 aliphatic carbocycles. The summed E-state index contributed by atoms with van der Waals surface area (Å²) in [5, 5.41) is 6.64. The quantitative estimate of drug-likeness (QED) is 0.332. The smallest absolute Gasteiger partial charge is 0.239 e. The third kappa shape index (κ3) is 5.84. The van der Waals surface area contributed by atoms with Gasteiger partial charge < -0.3 is 34.5 Å². The number of methoxy groups -OCH3 is 4. The molecule has 43 heavy (non-hydrogen) atoms. The summed E-state index contributed by atoms with van der Waals surface area (Å²) in [7, 11) is 6.29. The number of anilines is 2. The van der Waals surface area contributed by atoms with Crippen LogP contribution in [0, 0.1) is 5.41 Å². The number of para-hydroxylation sites is 3. The van der Waals surface area contributed by atoms with Gasteiger partial charge in [0.25, 0.3) is 0 Å². The first-order valence-corrected chi connectivity index (χ1v) is 14.3. The van der Waals surface area contributed by atoms with E-state index in [1.54, 1.807) is 34.5 Å². The van der Waals surface area contributed by atoms with Gasteiger partial charge in [0.2, 0.25) is 11.7 Å². The second-order valence-corrected chi connectivity index (χ2v) is 11.5. The molecular weight excluding hydrogens is 546 g/mol. The molecule has 1 unspecified atom stereocenters. The normalized spacial score (nSPS) is 17.2. The molecule has 3 aromatic rings. The van der Waals surface area contributed by atoms with Crippen LogP contribution in [-0.2, 0) is 16.1 Å². The monoisotopic (exact) mass is 585 g/mol. The molecule has 2 aliphatic rings. The van der Waals surface area contributed by atoms with Crippen LogP contribution in [0.3, 0.4) is 0 Å². The lowest BCUT2D eigenvalue weighted by molar-refractivity contribution is -0.121. The highest BCUT2D eigenvalue weighted by Gasteiger charge is 2.43. The number of allylic oxidation sites excluding steroid dienone is 1. The number of carbonyl (C=O) groups is 2. The Hall–Kier alpha value is -4.66. The van der Waals surface area contributed by atoms with E-state index in [0.29, 0.717) is 53.5 Å².